The number of halogens is 4. The highest BCUT2D eigenvalue weighted by Crippen LogP contribution is 2.24. The van der Waals surface area contributed by atoms with Crippen LogP contribution in [-0.2, 0) is 26.1 Å². The SMILES string of the molecule is O=C(c1cc(Cn2ncc(=O)c3ccccc32)ccc1F)N1CCn2c(nnc2CC(F)(F)F)C1. The quantitative estimate of drug-likeness (QED) is 0.414. The van der Waals surface area contributed by atoms with Gasteiger partial charge in [0.25, 0.3) is 5.91 Å². The van der Waals surface area contributed by atoms with Crippen molar-refractivity contribution in [2.75, 3.05) is 6.54 Å². The van der Waals surface area contributed by atoms with Crippen LogP contribution < -0.4 is 5.43 Å². The molecule has 0 aliphatic carbocycles. The lowest BCUT2D eigenvalue weighted by Gasteiger charge is -2.28. The number of carbonyl (C=O) groups excluding carboxylic acids is 1. The van der Waals surface area contributed by atoms with Gasteiger partial charge in [-0.25, -0.2) is 4.39 Å². The highest BCUT2D eigenvalue weighted by molar-refractivity contribution is 5.94. The minimum Gasteiger partial charge on any atom is -0.329 e. The third kappa shape index (κ3) is 4.51. The summed E-state index contributed by atoms with van der Waals surface area (Å²) in [7, 11) is 0. The fourth-order valence-electron chi connectivity index (χ4n) is 4.17. The standard InChI is InChI=1S/C23H18F4N6O2/c24-17-6-5-14(12-33-18-4-2-1-3-15(18)19(34)11-28-33)9-16(17)22(35)31-7-8-32-20(10-23(25,26)27)29-30-21(32)13-31/h1-6,9,11H,7-8,10,12-13H2. The predicted molar refractivity (Wildman–Crippen MR) is 116 cm³/mol. The van der Waals surface area contributed by atoms with Gasteiger partial charge in [-0.05, 0) is 29.8 Å². The third-order valence-electron chi connectivity index (χ3n) is 5.83. The molecule has 0 unspecified atom stereocenters. The van der Waals surface area contributed by atoms with Crippen LogP contribution >= 0.6 is 0 Å². The van der Waals surface area contributed by atoms with Gasteiger partial charge in [0, 0.05) is 18.5 Å². The van der Waals surface area contributed by atoms with Crippen molar-refractivity contribution >= 4 is 16.8 Å². The fourth-order valence-corrected chi connectivity index (χ4v) is 4.17. The first-order valence-electron chi connectivity index (χ1n) is 10.7. The van der Waals surface area contributed by atoms with Crippen LogP contribution in [0.25, 0.3) is 10.9 Å². The summed E-state index contributed by atoms with van der Waals surface area (Å²) < 4.78 is 55.8. The topological polar surface area (TPSA) is 85.9 Å². The van der Waals surface area contributed by atoms with E-state index in [0.717, 1.165) is 0 Å². The number of benzene rings is 2. The Labute approximate surface area is 195 Å². The molecule has 0 spiro atoms. The van der Waals surface area contributed by atoms with Gasteiger partial charge in [-0.1, -0.05) is 18.2 Å². The first-order chi connectivity index (χ1) is 16.7. The first kappa shape index (κ1) is 22.7. The zero-order valence-electron chi connectivity index (χ0n) is 18.2. The number of alkyl halides is 3. The van der Waals surface area contributed by atoms with Gasteiger partial charge in [-0.15, -0.1) is 10.2 Å². The molecule has 0 fully saturated rings. The van der Waals surface area contributed by atoms with E-state index in [9.17, 15) is 27.2 Å². The van der Waals surface area contributed by atoms with Crippen molar-refractivity contribution in [1.82, 2.24) is 29.4 Å². The van der Waals surface area contributed by atoms with Crippen LogP contribution in [0.15, 0.2) is 53.5 Å². The molecular formula is C23H18F4N6O2. The molecule has 0 radical (unpaired) electrons. The van der Waals surface area contributed by atoms with Crippen LogP contribution in [0, 0.1) is 5.82 Å². The number of amides is 1. The average molecular weight is 486 g/mol. The minimum atomic E-state index is -4.42. The van der Waals surface area contributed by atoms with Gasteiger partial charge in [-0.2, -0.15) is 18.3 Å². The van der Waals surface area contributed by atoms with Gasteiger partial charge >= 0.3 is 6.18 Å². The number of rotatable bonds is 4. The van der Waals surface area contributed by atoms with Crippen LogP contribution in [0.3, 0.4) is 0 Å². The molecule has 2 aromatic heterocycles. The average Bonchev–Trinajstić information content (AvgIpc) is 3.22. The Morgan fingerprint density at radius 1 is 1.06 bits per heavy atom. The molecule has 1 aliphatic heterocycles. The van der Waals surface area contributed by atoms with Gasteiger partial charge in [0.2, 0.25) is 5.43 Å². The van der Waals surface area contributed by atoms with E-state index >= 15 is 0 Å². The predicted octanol–water partition coefficient (Wildman–Crippen LogP) is 2.94. The first-order valence-corrected chi connectivity index (χ1v) is 10.7. The van der Waals surface area contributed by atoms with Gasteiger partial charge in [0.1, 0.15) is 18.1 Å². The molecule has 1 amide bonds. The smallest absolute Gasteiger partial charge is 0.329 e. The van der Waals surface area contributed by atoms with Gasteiger partial charge < -0.3 is 9.47 Å². The summed E-state index contributed by atoms with van der Waals surface area (Å²) >= 11 is 0. The summed E-state index contributed by atoms with van der Waals surface area (Å²) in [6, 6.07) is 11.1. The molecule has 0 bridgehead atoms. The second-order valence-electron chi connectivity index (χ2n) is 8.20. The lowest BCUT2D eigenvalue weighted by atomic mass is 10.1. The zero-order valence-corrected chi connectivity index (χ0v) is 18.2. The van der Waals surface area contributed by atoms with E-state index in [4.69, 9.17) is 0 Å². The van der Waals surface area contributed by atoms with Gasteiger partial charge in [0.05, 0.1) is 30.4 Å². The van der Waals surface area contributed by atoms with E-state index < -0.39 is 24.3 Å². The number of nitrogens with zero attached hydrogens (tertiary/aromatic N) is 6. The Morgan fingerprint density at radius 2 is 1.86 bits per heavy atom. The molecular weight excluding hydrogens is 468 g/mol. The van der Waals surface area contributed by atoms with Gasteiger partial charge in [-0.3, -0.25) is 14.3 Å². The molecule has 0 N–H and O–H groups in total. The number of hydrogen-bond donors (Lipinski definition) is 0. The van der Waals surface area contributed by atoms with Crippen molar-refractivity contribution in [3.63, 3.8) is 0 Å². The Morgan fingerprint density at radius 3 is 2.66 bits per heavy atom. The number of fused-ring (bicyclic) bond motifs is 2. The molecule has 3 heterocycles. The van der Waals surface area contributed by atoms with Crippen LogP contribution in [0.1, 0.15) is 27.6 Å². The van der Waals surface area contributed by atoms with E-state index in [1.807, 2.05) is 0 Å². The van der Waals surface area contributed by atoms with Crippen molar-refractivity contribution in [2.24, 2.45) is 0 Å². The molecule has 5 rings (SSSR count). The lowest BCUT2D eigenvalue weighted by Crippen LogP contribution is -2.39. The second-order valence-corrected chi connectivity index (χ2v) is 8.20. The Bertz CT molecular complexity index is 1490. The molecule has 35 heavy (non-hydrogen) atoms. The Balaban J connectivity index is 1.39. The highest BCUT2D eigenvalue weighted by Gasteiger charge is 2.33. The molecule has 2 aromatic carbocycles. The third-order valence-corrected chi connectivity index (χ3v) is 5.83. The molecule has 12 heteroatoms. The van der Waals surface area contributed by atoms with Crippen molar-refractivity contribution in [2.45, 2.75) is 32.2 Å². The highest BCUT2D eigenvalue weighted by atomic mass is 19.4. The summed E-state index contributed by atoms with van der Waals surface area (Å²) in [4.78, 5) is 26.5. The van der Waals surface area contributed by atoms with Crippen LogP contribution in [0.5, 0.6) is 0 Å². The maximum absolute atomic E-state index is 14.6. The van der Waals surface area contributed by atoms with E-state index in [2.05, 4.69) is 15.3 Å². The van der Waals surface area contributed by atoms with Crippen molar-refractivity contribution in [3.05, 3.63) is 87.5 Å². The number of hydrogen-bond acceptors (Lipinski definition) is 5. The van der Waals surface area contributed by atoms with E-state index in [-0.39, 0.29) is 48.8 Å². The summed E-state index contributed by atoms with van der Waals surface area (Å²) in [5.41, 5.74) is 0.797. The van der Waals surface area contributed by atoms with Crippen molar-refractivity contribution in [1.29, 1.82) is 0 Å². The number of carbonyl (C=O) groups is 1. The van der Waals surface area contributed by atoms with E-state index in [0.29, 0.717) is 16.5 Å². The monoisotopic (exact) mass is 486 g/mol. The Kier molecular flexibility index (Phi) is 5.58. The normalized spacial score (nSPS) is 13.8. The van der Waals surface area contributed by atoms with Crippen LogP contribution in [0.2, 0.25) is 0 Å². The molecule has 8 nitrogen and oxygen atoms in total. The molecule has 4 aromatic rings. The second kappa shape index (κ2) is 8.60. The maximum atomic E-state index is 14.6. The van der Waals surface area contributed by atoms with E-state index in [1.165, 1.54) is 33.9 Å². The molecule has 0 saturated heterocycles. The minimum absolute atomic E-state index is 0.0775. The van der Waals surface area contributed by atoms with Crippen LogP contribution in [0.4, 0.5) is 17.6 Å². The Hall–Kier alpha value is -4.09. The molecule has 1 aliphatic rings. The van der Waals surface area contributed by atoms with E-state index in [1.54, 1.807) is 28.9 Å². The summed E-state index contributed by atoms with van der Waals surface area (Å²) in [6.07, 6.45) is -4.43. The lowest BCUT2D eigenvalue weighted by molar-refractivity contribution is -0.129. The summed E-state index contributed by atoms with van der Waals surface area (Å²) in [5.74, 6) is -1.33. The van der Waals surface area contributed by atoms with Gasteiger partial charge in [0.15, 0.2) is 5.82 Å². The maximum Gasteiger partial charge on any atom is 0.396 e. The summed E-state index contributed by atoms with van der Waals surface area (Å²) in [5, 5.41) is 12.0. The van der Waals surface area contributed by atoms with Crippen molar-refractivity contribution in [3.8, 4) is 0 Å². The largest absolute Gasteiger partial charge is 0.396 e. The number of aromatic nitrogens is 5. The molecule has 0 saturated carbocycles. The fraction of sp³-hybridized carbons (Fsp3) is 0.261. The molecule has 180 valence electrons. The van der Waals surface area contributed by atoms with Crippen molar-refractivity contribution < 1.29 is 22.4 Å². The van der Waals surface area contributed by atoms with Crippen LogP contribution in [-0.4, -0.2) is 48.1 Å². The number of para-hydroxylation sites is 1. The zero-order chi connectivity index (χ0) is 24.7. The molecule has 0 atom stereocenters. The summed E-state index contributed by atoms with van der Waals surface area (Å²) in [6.45, 7) is 0.272.